The Balaban J connectivity index is 1.32. The van der Waals surface area contributed by atoms with E-state index in [0.29, 0.717) is 29.9 Å². The van der Waals surface area contributed by atoms with E-state index in [1.165, 1.54) is 19.3 Å². The zero-order valence-electron chi connectivity index (χ0n) is 18.7. The average Bonchev–Trinajstić information content (AvgIpc) is 2.96. The number of rotatable bonds is 5. The molecule has 2 aromatic carbocycles. The average molecular weight is 430 g/mol. The molecule has 7 rings (SSSR count). The minimum atomic E-state index is -1.76. The van der Waals surface area contributed by atoms with Gasteiger partial charge in [-0.15, -0.1) is 0 Å². The molecule has 1 unspecified atom stereocenters. The first-order valence-electron chi connectivity index (χ1n) is 12.1. The Morgan fingerprint density at radius 3 is 2.22 bits per heavy atom. The van der Waals surface area contributed by atoms with E-state index in [0.717, 1.165) is 36.1 Å². The maximum Gasteiger partial charge on any atom is 0.264 e. The first kappa shape index (κ1) is 20.2. The van der Waals surface area contributed by atoms with Crippen LogP contribution in [-0.2, 0) is 21.7 Å². The van der Waals surface area contributed by atoms with Crippen molar-refractivity contribution in [1.29, 1.82) is 0 Å². The third-order valence-electron chi connectivity index (χ3n) is 8.88. The molecule has 4 aliphatic carbocycles. The molecular formula is C28H31NO3. The Bertz CT molecular complexity index is 1070. The number of nitrogens with zero attached hydrogens (tertiary/aromatic N) is 1. The van der Waals surface area contributed by atoms with E-state index in [-0.39, 0.29) is 23.5 Å². The van der Waals surface area contributed by atoms with Gasteiger partial charge < -0.3 is 10.0 Å². The number of hydrogen-bond acceptors (Lipinski definition) is 3. The Morgan fingerprint density at radius 2 is 1.56 bits per heavy atom. The molecule has 1 atom stereocenters. The van der Waals surface area contributed by atoms with E-state index in [1.54, 1.807) is 4.90 Å². The van der Waals surface area contributed by atoms with Crippen molar-refractivity contribution in [3.8, 4) is 0 Å². The number of carbonyl (C=O) groups is 2. The number of ketones is 1. The summed E-state index contributed by atoms with van der Waals surface area (Å²) >= 11 is 0. The van der Waals surface area contributed by atoms with Gasteiger partial charge in [-0.1, -0.05) is 42.5 Å². The number of aliphatic hydroxyl groups is 1. The number of aryl methyl sites for hydroxylation is 1. The molecule has 0 aromatic heterocycles. The molecule has 1 amide bonds. The lowest BCUT2D eigenvalue weighted by Crippen LogP contribution is -2.52. The predicted molar refractivity (Wildman–Crippen MR) is 123 cm³/mol. The van der Waals surface area contributed by atoms with E-state index < -0.39 is 5.60 Å². The highest BCUT2D eigenvalue weighted by atomic mass is 16.3. The fraction of sp³-hybridized carbons (Fsp3) is 0.500. The summed E-state index contributed by atoms with van der Waals surface area (Å²) in [4.78, 5) is 29.2. The highest BCUT2D eigenvalue weighted by Gasteiger charge is 2.58. The van der Waals surface area contributed by atoms with Crippen LogP contribution in [0.1, 0.15) is 61.6 Å². The Morgan fingerprint density at radius 1 is 0.969 bits per heavy atom. The third kappa shape index (κ3) is 2.92. The van der Waals surface area contributed by atoms with Crippen LogP contribution in [0.15, 0.2) is 48.5 Å². The minimum absolute atomic E-state index is 0.0979. The van der Waals surface area contributed by atoms with Crippen LogP contribution in [0.3, 0.4) is 0 Å². The van der Waals surface area contributed by atoms with E-state index in [9.17, 15) is 14.7 Å². The van der Waals surface area contributed by atoms with Gasteiger partial charge in [-0.2, -0.15) is 0 Å². The molecule has 166 valence electrons. The van der Waals surface area contributed by atoms with Gasteiger partial charge in [-0.05, 0) is 80.4 Å². The van der Waals surface area contributed by atoms with Crippen molar-refractivity contribution >= 4 is 17.4 Å². The van der Waals surface area contributed by atoms with Crippen molar-refractivity contribution in [2.45, 2.75) is 64.0 Å². The summed E-state index contributed by atoms with van der Waals surface area (Å²) in [6, 6.07) is 15.5. The molecule has 2 aromatic rings. The van der Waals surface area contributed by atoms with Gasteiger partial charge in [-0.3, -0.25) is 9.59 Å². The van der Waals surface area contributed by atoms with Crippen molar-refractivity contribution in [2.75, 3.05) is 4.90 Å². The first-order valence-corrected chi connectivity index (χ1v) is 12.1. The summed E-state index contributed by atoms with van der Waals surface area (Å²) in [5.74, 6) is 1.72. The second-order valence-corrected chi connectivity index (χ2v) is 11.0. The normalized spacial score (nSPS) is 34.8. The van der Waals surface area contributed by atoms with E-state index >= 15 is 0 Å². The molecule has 4 saturated carbocycles. The molecule has 4 fully saturated rings. The lowest BCUT2D eigenvalue weighted by molar-refractivity contribution is -0.154. The van der Waals surface area contributed by atoms with Gasteiger partial charge in [0.15, 0.2) is 5.60 Å². The highest BCUT2D eigenvalue weighted by molar-refractivity contribution is 6.09. The number of Topliss-reactive ketones (excluding diaryl/α,β-unsaturated/α-hetero) is 1. The number of benzene rings is 2. The fourth-order valence-corrected chi connectivity index (χ4v) is 7.66. The Labute approximate surface area is 189 Å². The van der Waals surface area contributed by atoms with Crippen LogP contribution >= 0.6 is 0 Å². The maximum atomic E-state index is 13.8. The molecule has 1 heterocycles. The van der Waals surface area contributed by atoms with Gasteiger partial charge >= 0.3 is 0 Å². The first-order chi connectivity index (χ1) is 15.4. The van der Waals surface area contributed by atoms with Crippen LogP contribution in [-0.4, -0.2) is 16.8 Å². The molecule has 0 spiro atoms. The zero-order valence-corrected chi connectivity index (χ0v) is 18.7. The van der Waals surface area contributed by atoms with Crippen LogP contribution in [0, 0.1) is 30.1 Å². The third-order valence-corrected chi connectivity index (χ3v) is 8.88. The van der Waals surface area contributed by atoms with Crippen LogP contribution in [0.25, 0.3) is 0 Å². The fourth-order valence-electron chi connectivity index (χ4n) is 7.66. The molecule has 0 radical (unpaired) electrons. The highest BCUT2D eigenvalue weighted by Crippen LogP contribution is 2.61. The SMILES string of the molecule is Cc1ccccc1CN1C(=O)C(O)(CC(=O)C23CC4CC(CC(C4)C2)C3)c2ccccc21. The smallest absolute Gasteiger partial charge is 0.264 e. The number of amides is 1. The molecule has 4 heteroatoms. The summed E-state index contributed by atoms with van der Waals surface area (Å²) in [5.41, 5.74) is 1.38. The monoisotopic (exact) mass is 429 g/mol. The minimum Gasteiger partial charge on any atom is -0.375 e. The van der Waals surface area contributed by atoms with E-state index in [1.807, 2.05) is 55.5 Å². The summed E-state index contributed by atoms with van der Waals surface area (Å²) in [6.07, 6.45) is 6.57. The van der Waals surface area contributed by atoms with Crippen molar-refractivity contribution in [2.24, 2.45) is 23.2 Å². The van der Waals surface area contributed by atoms with Gasteiger partial charge in [0.25, 0.3) is 5.91 Å². The summed E-state index contributed by atoms with van der Waals surface area (Å²) in [5, 5.41) is 11.8. The van der Waals surface area contributed by atoms with Gasteiger partial charge in [0, 0.05) is 17.4 Å². The van der Waals surface area contributed by atoms with Gasteiger partial charge in [-0.25, -0.2) is 0 Å². The van der Waals surface area contributed by atoms with Crippen LogP contribution in [0.2, 0.25) is 0 Å². The van der Waals surface area contributed by atoms with Crippen molar-refractivity contribution in [1.82, 2.24) is 0 Å². The van der Waals surface area contributed by atoms with Crippen LogP contribution in [0.4, 0.5) is 5.69 Å². The summed E-state index contributed by atoms with van der Waals surface area (Å²) in [6.45, 7) is 2.43. The molecule has 5 aliphatic rings. The molecule has 32 heavy (non-hydrogen) atoms. The Kier molecular flexibility index (Phi) is 4.42. The lowest BCUT2D eigenvalue weighted by atomic mass is 9.48. The van der Waals surface area contributed by atoms with Gasteiger partial charge in [0.1, 0.15) is 5.78 Å². The number of anilines is 1. The van der Waals surface area contributed by atoms with Gasteiger partial charge in [0.05, 0.1) is 12.2 Å². The van der Waals surface area contributed by atoms with Crippen molar-refractivity contribution < 1.29 is 14.7 Å². The number of hydrogen-bond donors (Lipinski definition) is 1. The molecule has 4 bridgehead atoms. The standard InChI is InChI=1S/C28H31NO3/c1-18-6-2-3-7-22(18)17-29-24-9-5-4-8-23(24)28(32,26(29)31)16-25(30)27-13-19-10-20(14-27)12-21(11-19)15-27/h2-9,19-21,32H,10-17H2,1H3. The maximum absolute atomic E-state index is 13.8. The van der Waals surface area contributed by atoms with Crippen molar-refractivity contribution in [3.05, 3.63) is 65.2 Å². The van der Waals surface area contributed by atoms with E-state index in [4.69, 9.17) is 0 Å². The van der Waals surface area contributed by atoms with Gasteiger partial charge in [0.2, 0.25) is 0 Å². The molecule has 0 saturated heterocycles. The topological polar surface area (TPSA) is 57.6 Å². The van der Waals surface area contributed by atoms with E-state index in [2.05, 4.69) is 0 Å². The second kappa shape index (κ2) is 7.02. The second-order valence-electron chi connectivity index (χ2n) is 11.0. The summed E-state index contributed by atoms with van der Waals surface area (Å²) < 4.78 is 0. The number of carbonyl (C=O) groups excluding carboxylic acids is 2. The zero-order chi connectivity index (χ0) is 22.1. The van der Waals surface area contributed by atoms with Crippen LogP contribution < -0.4 is 4.90 Å². The van der Waals surface area contributed by atoms with Crippen molar-refractivity contribution in [3.63, 3.8) is 0 Å². The molecule has 1 N–H and O–H groups in total. The van der Waals surface area contributed by atoms with Crippen LogP contribution in [0.5, 0.6) is 0 Å². The lowest BCUT2D eigenvalue weighted by Gasteiger charge is -2.56. The Hall–Kier alpha value is -2.46. The largest absolute Gasteiger partial charge is 0.375 e. The molecule has 1 aliphatic heterocycles. The molecular weight excluding hydrogens is 398 g/mol. The predicted octanol–water partition coefficient (Wildman–Crippen LogP) is 4.91. The number of para-hydroxylation sites is 1. The quantitative estimate of drug-likeness (QED) is 0.735. The summed E-state index contributed by atoms with van der Waals surface area (Å²) in [7, 11) is 0. The number of fused-ring (bicyclic) bond motifs is 1. The molecule has 4 nitrogen and oxygen atoms in total.